The molecule has 1 fully saturated rings. The molecule has 0 bridgehead atoms. The van der Waals surface area contributed by atoms with Gasteiger partial charge in [-0.15, -0.1) is 0 Å². The van der Waals surface area contributed by atoms with Crippen molar-refractivity contribution in [2.75, 3.05) is 12.3 Å². The Morgan fingerprint density at radius 3 is 2.85 bits per heavy atom. The molecule has 0 saturated carbocycles. The third kappa shape index (κ3) is 4.34. The van der Waals surface area contributed by atoms with E-state index in [1.807, 2.05) is 0 Å². The Morgan fingerprint density at radius 1 is 1.40 bits per heavy atom. The molecule has 1 aromatic rings. The van der Waals surface area contributed by atoms with Crippen LogP contribution in [-0.4, -0.2) is 36.8 Å². The molecule has 20 heavy (non-hydrogen) atoms. The molecule has 5 nitrogen and oxygen atoms in total. The first-order chi connectivity index (χ1) is 9.35. The van der Waals surface area contributed by atoms with Gasteiger partial charge in [-0.05, 0) is 43.1 Å². The highest BCUT2D eigenvalue weighted by Gasteiger charge is 2.26. The number of primary sulfonamides is 1. The van der Waals surface area contributed by atoms with Gasteiger partial charge in [-0.3, -0.25) is 4.90 Å². The number of phenols is 1. The summed E-state index contributed by atoms with van der Waals surface area (Å²) in [6, 6.07) is 4.71. The maximum absolute atomic E-state index is 11.3. The number of sulfonamides is 1. The van der Waals surface area contributed by atoms with Crippen LogP contribution in [0.5, 0.6) is 5.75 Å². The molecule has 0 aromatic heterocycles. The second kappa shape index (κ2) is 6.30. The van der Waals surface area contributed by atoms with E-state index in [1.165, 1.54) is 6.07 Å². The van der Waals surface area contributed by atoms with Crippen LogP contribution in [-0.2, 0) is 16.6 Å². The lowest BCUT2D eigenvalue weighted by Crippen LogP contribution is -2.44. The van der Waals surface area contributed by atoms with Gasteiger partial charge in [0.15, 0.2) is 0 Å². The van der Waals surface area contributed by atoms with Crippen molar-refractivity contribution in [1.82, 2.24) is 4.90 Å². The fourth-order valence-electron chi connectivity index (χ4n) is 2.63. The first kappa shape index (κ1) is 15.6. The summed E-state index contributed by atoms with van der Waals surface area (Å²) in [4.78, 5) is 2.08. The molecule has 1 heterocycles. The van der Waals surface area contributed by atoms with Crippen molar-refractivity contribution in [3.63, 3.8) is 0 Å². The lowest BCUT2D eigenvalue weighted by atomic mass is 10.0. The Kier molecular flexibility index (Phi) is 4.90. The van der Waals surface area contributed by atoms with E-state index in [-0.39, 0.29) is 17.5 Å². The summed E-state index contributed by atoms with van der Waals surface area (Å²) < 4.78 is 22.6. The van der Waals surface area contributed by atoms with E-state index in [1.54, 1.807) is 12.1 Å². The molecule has 1 saturated heterocycles. The van der Waals surface area contributed by atoms with Crippen LogP contribution in [0.4, 0.5) is 0 Å². The molecule has 1 aliphatic rings. The van der Waals surface area contributed by atoms with Crippen LogP contribution in [0.25, 0.3) is 0 Å². The SMILES string of the molecule is NS(=O)(=O)CC1CCCCN1Cc1cc(O)ccc1Cl. The minimum Gasteiger partial charge on any atom is -0.508 e. The van der Waals surface area contributed by atoms with Crippen LogP contribution in [0.3, 0.4) is 0 Å². The van der Waals surface area contributed by atoms with Crippen molar-refractivity contribution in [3.05, 3.63) is 28.8 Å². The summed E-state index contributed by atoms with van der Waals surface area (Å²) in [6.45, 7) is 1.33. The van der Waals surface area contributed by atoms with Gasteiger partial charge in [-0.2, -0.15) is 0 Å². The highest BCUT2D eigenvalue weighted by molar-refractivity contribution is 7.89. The second-order valence-electron chi connectivity index (χ2n) is 5.23. The number of hydrogen-bond acceptors (Lipinski definition) is 4. The monoisotopic (exact) mass is 318 g/mol. The summed E-state index contributed by atoms with van der Waals surface area (Å²) in [7, 11) is -3.49. The van der Waals surface area contributed by atoms with E-state index >= 15 is 0 Å². The van der Waals surface area contributed by atoms with Crippen molar-refractivity contribution in [3.8, 4) is 5.75 Å². The van der Waals surface area contributed by atoms with Crippen LogP contribution in [0.15, 0.2) is 18.2 Å². The zero-order valence-electron chi connectivity index (χ0n) is 11.1. The number of hydrogen-bond donors (Lipinski definition) is 2. The van der Waals surface area contributed by atoms with Crippen molar-refractivity contribution in [2.24, 2.45) is 5.14 Å². The normalized spacial score (nSPS) is 21.0. The smallest absolute Gasteiger partial charge is 0.210 e. The number of rotatable bonds is 4. The van der Waals surface area contributed by atoms with Gasteiger partial charge in [0.2, 0.25) is 10.0 Å². The number of benzene rings is 1. The highest BCUT2D eigenvalue weighted by atomic mass is 35.5. The van der Waals surface area contributed by atoms with Gasteiger partial charge < -0.3 is 5.11 Å². The first-order valence-electron chi connectivity index (χ1n) is 6.57. The number of nitrogens with zero attached hydrogens (tertiary/aromatic N) is 1. The van der Waals surface area contributed by atoms with E-state index in [2.05, 4.69) is 4.90 Å². The second-order valence-corrected chi connectivity index (χ2v) is 7.29. The third-order valence-corrected chi connectivity index (χ3v) is 4.79. The van der Waals surface area contributed by atoms with Gasteiger partial charge in [0.1, 0.15) is 5.75 Å². The minimum atomic E-state index is -3.49. The number of aromatic hydroxyl groups is 1. The van der Waals surface area contributed by atoms with Gasteiger partial charge in [0.25, 0.3) is 0 Å². The van der Waals surface area contributed by atoms with Crippen molar-refractivity contribution >= 4 is 21.6 Å². The fourth-order valence-corrected chi connectivity index (χ4v) is 3.72. The summed E-state index contributed by atoms with van der Waals surface area (Å²) >= 11 is 6.12. The number of likely N-dealkylation sites (tertiary alicyclic amines) is 1. The molecule has 112 valence electrons. The van der Waals surface area contributed by atoms with Crippen LogP contribution in [0.1, 0.15) is 24.8 Å². The van der Waals surface area contributed by atoms with E-state index in [9.17, 15) is 13.5 Å². The topological polar surface area (TPSA) is 83.6 Å². The van der Waals surface area contributed by atoms with Crippen LogP contribution in [0, 0.1) is 0 Å². The molecular formula is C13H19ClN2O3S. The van der Waals surface area contributed by atoms with Crippen LogP contribution < -0.4 is 5.14 Å². The highest BCUT2D eigenvalue weighted by Crippen LogP contribution is 2.26. The first-order valence-corrected chi connectivity index (χ1v) is 8.66. The summed E-state index contributed by atoms with van der Waals surface area (Å²) in [5.41, 5.74) is 0.799. The maximum Gasteiger partial charge on any atom is 0.210 e. The predicted octanol–water partition coefficient (Wildman–Crippen LogP) is 1.69. The predicted molar refractivity (Wildman–Crippen MR) is 79.1 cm³/mol. The third-order valence-electron chi connectivity index (χ3n) is 3.58. The van der Waals surface area contributed by atoms with Gasteiger partial charge in [-0.25, -0.2) is 13.6 Å². The van der Waals surface area contributed by atoms with Crippen LogP contribution >= 0.6 is 11.6 Å². The van der Waals surface area contributed by atoms with Gasteiger partial charge in [0, 0.05) is 17.6 Å². The van der Waals surface area contributed by atoms with Crippen molar-refractivity contribution < 1.29 is 13.5 Å². The largest absolute Gasteiger partial charge is 0.508 e. The molecule has 1 unspecified atom stereocenters. The Hall–Kier alpha value is -0.820. The van der Waals surface area contributed by atoms with Crippen molar-refractivity contribution in [1.29, 1.82) is 0 Å². The summed E-state index contributed by atoms with van der Waals surface area (Å²) in [6.07, 6.45) is 2.84. The average molecular weight is 319 g/mol. The lowest BCUT2D eigenvalue weighted by molar-refractivity contribution is 0.154. The Morgan fingerprint density at radius 2 is 2.15 bits per heavy atom. The quantitative estimate of drug-likeness (QED) is 0.885. The number of nitrogens with two attached hydrogens (primary N) is 1. The van der Waals surface area contributed by atoms with Gasteiger partial charge in [-0.1, -0.05) is 18.0 Å². The molecule has 0 spiro atoms. The number of halogens is 1. The summed E-state index contributed by atoms with van der Waals surface area (Å²) in [5.74, 6) is 0.119. The van der Waals surface area contributed by atoms with Gasteiger partial charge in [0.05, 0.1) is 5.75 Å². The molecule has 3 N–H and O–H groups in total. The molecule has 0 aliphatic carbocycles. The molecule has 1 atom stereocenters. The number of phenolic OH excluding ortho intramolecular Hbond substituents is 1. The maximum atomic E-state index is 11.3. The molecule has 7 heteroatoms. The van der Waals surface area contributed by atoms with Gasteiger partial charge >= 0.3 is 0 Å². The lowest BCUT2D eigenvalue weighted by Gasteiger charge is -2.35. The molecule has 2 rings (SSSR count). The van der Waals surface area contributed by atoms with E-state index in [0.717, 1.165) is 31.4 Å². The standard InChI is InChI=1S/C13H19ClN2O3S/c14-13-5-4-12(17)7-10(13)8-16-6-2-1-3-11(16)9-20(15,18)19/h4-5,7,11,17H,1-3,6,8-9H2,(H2,15,18,19). The van der Waals surface area contributed by atoms with E-state index in [4.69, 9.17) is 16.7 Å². The zero-order chi connectivity index (χ0) is 14.8. The summed E-state index contributed by atoms with van der Waals surface area (Å²) in [5, 5.41) is 15.3. The van der Waals surface area contributed by atoms with E-state index in [0.29, 0.717) is 11.6 Å². The molecule has 1 aromatic carbocycles. The molecule has 0 amide bonds. The van der Waals surface area contributed by atoms with Crippen LogP contribution in [0.2, 0.25) is 5.02 Å². The average Bonchev–Trinajstić information content (AvgIpc) is 2.34. The molecular weight excluding hydrogens is 300 g/mol. The molecule has 1 aliphatic heterocycles. The fraction of sp³-hybridized carbons (Fsp3) is 0.538. The Labute approximate surface area is 124 Å². The van der Waals surface area contributed by atoms with Crippen molar-refractivity contribution in [2.45, 2.75) is 31.8 Å². The zero-order valence-corrected chi connectivity index (χ0v) is 12.7. The minimum absolute atomic E-state index is 0.0383. The Bertz CT molecular complexity index is 577. The number of piperidine rings is 1. The molecule has 0 radical (unpaired) electrons. The van der Waals surface area contributed by atoms with E-state index < -0.39 is 10.0 Å². The Balaban J connectivity index is 2.14.